The van der Waals surface area contributed by atoms with E-state index in [2.05, 4.69) is 22.4 Å². The fraction of sp³-hybridized carbons (Fsp3) is 0.400. The third-order valence-corrected chi connectivity index (χ3v) is 5.16. The van der Waals surface area contributed by atoms with Crippen molar-refractivity contribution in [3.05, 3.63) is 59.8 Å². The van der Waals surface area contributed by atoms with Gasteiger partial charge in [-0.3, -0.25) is 4.79 Å². The summed E-state index contributed by atoms with van der Waals surface area (Å²) in [7, 11) is 0. The third kappa shape index (κ3) is 3.01. The largest absolute Gasteiger partial charge is 0.367 e. The van der Waals surface area contributed by atoms with Gasteiger partial charge in [-0.15, -0.1) is 0 Å². The van der Waals surface area contributed by atoms with Crippen molar-refractivity contribution in [3.63, 3.8) is 0 Å². The summed E-state index contributed by atoms with van der Waals surface area (Å²) in [5.41, 5.74) is 1.90. The SMILES string of the molecule is O=C(c1ccccc1)N1CCC[C@@H]1c1ccc(NC2CCC2)nc1. The van der Waals surface area contributed by atoms with Gasteiger partial charge in [-0.05, 0) is 55.9 Å². The van der Waals surface area contributed by atoms with Gasteiger partial charge in [0.15, 0.2) is 0 Å². The average Bonchev–Trinajstić information content (AvgIpc) is 3.08. The highest BCUT2D eigenvalue weighted by molar-refractivity contribution is 5.94. The first-order valence-electron chi connectivity index (χ1n) is 8.90. The fourth-order valence-electron chi connectivity index (χ4n) is 3.55. The zero-order valence-corrected chi connectivity index (χ0v) is 13.8. The van der Waals surface area contributed by atoms with Crippen molar-refractivity contribution < 1.29 is 4.79 Å². The molecule has 1 amide bonds. The van der Waals surface area contributed by atoms with Crippen molar-refractivity contribution >= 4 is 11.7 Å². The van der Waals surface area contributed by atoms with Crippen LogP contribution in [-0.2, 0) is 0 Å². The minimum atomic E-state index is 0.120. The number of benzene rings is 1. The highest BCUT2D eigenvalue weighted by Crippen LogP contribution is 2.33. The molecule has 2 aromatic rings. The van der Waals surface area contributed by atoms with E-state index in [0.29, 0.717) is 6.04 Å². The van der Waals surface area contributed by atoms with Crippen molar-refractivity contribution in [1.29, 1.82) is 0 Å². The maximum absolute atomic E-state index is 12.8. The van der Waals surface area contributed by atoms with Gasteiger partial charge in [0, 0.05) is 24.3 Å². The van der Waals surface area contributed by atoms with Gasteiger partial charge in [0.25, 0.3) is 5.91 Å². The Hall–Kier alpha value is -2.36. The monoisotopic (exact) mass is 321 g/mol. The van der Waals surface area contributed by atoms with Gasteiger partial charge in [-0.2, -0.15) is 0 Å². The van der Waals surface area contributed by atoms with Gasteiger partial charge >= 0.3 is 0 Å². The minimum Gasteiger partial charge on any atom is -0.367 e. The highest BCUT2D eigenvalue weighted by Gasteiger charge is 2.30. The van der Waals surface area contributed by atoms with Crippen LogP contribution in [-0.4, -0.2) is 28.4 Å². The quantitative estimate of drug-likeness (QED) is 0.925. The summed E-state index contributed by atoms with van der Waals surface area (Å²) < 4.78 is 0. The predicted octanol–water partition coefficient (Wildman–Crippen LogP) is 4.02. The van der Waals surface area contributed by atoms with Crippen LogP contribution >= 0.6 is 0 Å². The number of carbonyl (C=O) groups excluding carboxylic acids is 1. The zero-order valence-electron chi connectivity index (χ0n) is 13.8. The lowest BCUT2D eigenvalue weighted by molar-refractivity contribution is 0.0735. The number of amides is 1. The Morgan fingerprint density at radius 2 is 1.88 bits per heavy atom. The van der Waals surface area contributed by atoms with Crippen LogP contribution in [0.15, 0.2) is 48.7 Å². The van der Waals surface area contributed by atoms with E-state index in [1.165, 1.54) is 19.3 Å². The molecule has 1 aromatic carbocycles. The molecule has 2 aliphatic rings. The number of carbonyl (C=O) groups is 1. The van der Waals surface area contributed by atoms with Crippen molar-refractivity contribution in [2.75, 3.05) is 11.9 Å². The first-order valence-corrected chi connectivity index (χ1v) is 8.90. The minimum absolute atomic E-state index is 0.120. The first-order chi connectivity index (χ1) is 11.8. The second-order valence-electron chi connectivity index (χ2n) is 6.77. The molecule has 1 aromatic heterocycles. The van der Waals surface area contributed by atoms with E-state index >= 15 is 0 Å². The lowest BCUT2D eigenvalue weighted by Gasteiger charge is -2.27. The standard InChI is InChI=1S/C20H23N3O/c24-20(15-6-2-1-3-7-15)23-13-5-10-18(23)16-11-12-19(21-14-16)22-17-8-4-9-17/h1-3,6-7,11-12,14,17-18H,4-5,8-10,13H2,(H,21,22)/t18-/m1/s1. The molecular weight excluding hydrogens is 298 g/mol. The van der Waals surface area contributed by atoms with Crippen molar-refractivity contribution in [1.82, 2.24) is 9.88 Å². The van der Waals surface area contributed by atoms with E-state index in [-0.39, 0.29) is 11.9 Å². The Balaban J connectivity index is 1.49. The number of pyridine rings is 1. The number of hydrogen-bond acceptors (Lipinski definition) is 3. The maximum atomic E-state index is 12.8. The second kappa shape index (κ2) is 6.63. The Bertz CT molecular complexity index is 695. The molecule has 1 saturated carbocycles. The van der Waals surface area contributed by atoms with E-state index in [0.717, 1.165) is 36.3 Å². The Kier molecular flexibility index (Phi) is 4.20. The molecule has 1 aliphatic heterocycles. The first kappa shape index (κ1) is 15.2. The molecule has 0 unspecified atom stereocenters. The van der Waals surface area contributed by atoms with Gasteiger partial charge in [0.2, 0.25) is 0 Å². The van der Waals surface area contributed by atoms with Crippen LogP contribution in [0.4, 0.5) is 5.82 Å². The molecular formula is C20H23N3O. The molecule has 4 heteroatoms. The van der Waals surface area contributed by atoms with Crippen molar-refractivity contribution in [2.45, 2.75) is 44.2 Å². The molecule has 0 radical (unpaired) electrons. The molecule has 0 spiro atoms. The lowest BCUT2D eigenvalue weighted by atomic mass is 9.93. The summed E-state index contributed by atoms with van der Waals surface area (Å²) in [6, 6.07) is 14.5. The second-order valence-corrected chi connectivity index (χ2v) is 6.77. The maximum Gasteiger partial charge on any atom is 0.254 e. The van der Waals surface area contributed by atoms with E-state index in [9.17, 15) is 4.79 Å². The summed E-state index contributed by atoms with van der Waals surface area (Å²) in [4.78, 5) is 19.3. The highest BCUT2D eigenvalue weighted by atomic mass is 16.2. The molecule has 1 atom stereocenters. The number of likely N-dealkylation sites (tertiary alicyclic amines) is 1. The number of nitrogens with zero attached hydrogens (tertiary/aromatic N) is 2. The molecule has 0 bridgehead atoms. The van der Waals surface area contributed by atoms with E-state index in [1.54, 1.807) is 0 Å². The molecule has 4 rings (SSSR count). The van der Waals surface area contributed by atoms with Crippen LogP contribution < -0.4 is 5.32 Å². The summed E-state index contributed by atoms with van der Waals surface area (Å²) in [6.45, 7) is 0.820. The van der Waals surface area contributed by atoms with E-state index in [1.807, 2.05) is 41.4 Å². The van der Waals surface area contributed by atoms with Crippen LogP contribution in [0.25, 0.3) is 0 Å². The summed E-state index contributed by atoms with van der Waals surface area (Å²) >= 11 is 0. The van der Waals surface area contributed by atoms with Crippen LogP contribution in [0.3, 0.4) is 0 Å². The molecule has 1 N–H and O–H groups in total. The molecule has 2 fully saturated rings. The topological polar surface area (TPSA) is 45.2 Å². The van der Waals surface area contributed by atoms with Crippen LogP contribution in [0.1, 0.15) is 54.1 Å². The number of anilines is 1. The Labute approximate surface area is 142 Å². The van der Waals surface area contributed by atoms with Gasteiger partial charge < -0.3 is 10.2 Å². The van der Waals surface area contributed by atoms with Gasteiger partial charge in [-0.1, -0.05) is 24.3 Å². The molecule has 1 saturated heterocycles. The predicted molar refractivity (Wildman–Crippen MR) is 95.0 cm³/mol. The van der Waals surface area contributed by atoms with Gasteiger partial charge in [0.1, 0.15) is 5.82 Å². The number of nitrogens with one attached hydrogen (secondary N) is 1. The molecule has 2 heterocycles. The molecule has 1 aliphatic carbocycles. The summed E-state index contributed by atoms with van der Waals surface area (Å²) in [5.74, 6) is 1.07. The number of rotatable bonds is 4. The van der Waals surface area contributed by atoms with Crippen LogP contribution in [0, 0.1) is 0 Å². The van der Waals surface area contributed by atoms with Crippen molar-refractivity contribution in [2.24, 2.45) is 0 Å². The van der Waals surface area contributed by atoms with Crippen molar-refractivity contribution in [3.8, 4) is 0 Å². The Morgan fingerprint density at radius 1 is 1.04 bits per heavy atom. The normalized spacial score (nSPS) is 20.7. The zero-order chi connectivity index (χ0) is 16.4. The van der Waals surface area contributed by atoms with Crippen LogP contribution in [0.5, 0.6) is 0 Å². The number of hydrogen-bond donors (Lipinski definition) is 1. The lowest BCUT2D eigenvalue weighted by Crippen LogP contribution is -2.30. The van der Waals surface area contributed by atoms with Gasteiger partial charge in [-0.25, -0.2) is 4.98 Å². The summed E-state index contributed by atoms with van der Waals surface area (Å²) in [5, 5.41) is 3.46. The fourth-order valence-corrected chi connectivity index (χ4v) is 3.55. The van der Waals surface area contributed by atoms with E-state index in [4.69, 9.17) is 0 Å². The summed E-state index contributed by atoms with van der Waals surface area (Å²) in [6.07, 6.45) is 7.79. The smallest absolute Gasteiger partial charge is 0.254 e. The van der Waals surface area contributed by atoms with Gasteiger partial charge in [0.05, 0.1) is 6.04 Å². The number of aromatic nitrogens is 1. The molecule has 4 nitrogen and oxygen atoms in total. The van der Waals surface area contributed by atoms with E-state index < -0.39 is 0 Å². The third-order valence-electron chi connectivity index (χ3n) is 5.16. The molecule has 124 valence electrons. The average molecular weight is 321 g/mol. The Morgan fingerprint density at radius 3 is 2.54 bits per heavy atom. The molecule has 24 heavy (non-hydrogen) atoms. The van der Waals surface area contributed by atoms with Crippen LogP contribution in [0.2, 0.25) is 0 Å².